The molecule has 1 rings (SSSR count). The number of benzene rings is 1. The number of carbonyl (C=O) groups is 1. The van der Waals surface area contributed by atoms with Crippen LogP contribution in [0.25, 0.3) is 0 Å². The third-order valence-electron chi connectivity index (χ3n) is 1.93. The van der Waals surface area contributed by atoms with E-state index in [-0.39, 0.29) is 11.8 Å². The number of carbonyl (C=O) groups excluding carboxylic acids is 1. The van der Waals surface area contributed by atoms with E-state index >= 15 is 0 Å². The smallest absolute Gasteiger partial charge is 0.153 e. The lowest BCUT2D eigenvalue weighted by atomic mass is 10.0. The number of nitrogens with two attached hydrogens (primary N) is 1. The predicted molar refractivity (Wildman–Crippen MR) is 50.8 cm³/mol. The lowest BCUT2D eigenvalue weighted by molar-refractivity contribution is 0.112. The first kappa shape index (κ1) is 9.74. The molecule has 70 valence electrons. The number of rotatable bonds is 2. The van der Waals surface area contributed by atoms with Crippen molar-refractivity contribution >= 4 is 6.29 Å². The zero-order chi connectivity index (χ0) is 10.0. The van der Waals surface area contributed by atoms with Crippen LogP contribution in [0.4, 0.5) is 0 Å². The average molecular weight is 179 g/mol. The summed E-state index contributed by atoms with van der Waals surface area (Å²) < 4.78 is 0. The lowest BCUT2D eigenvalue weighted by Crippen LogP contribution is -2.06. The Kier molecular flexibility index (Phi) is 2.68. The van der Waals surface area contributed by atoms with Crippen LogP contribution in [0.3, 0.4) is 0 Å². The first-order valence-electron chi connectivity index (χ1n) is 4.10. The summed E-state index contributed by atoms with van der Waals surface area (Å²) >= 11 is 0. The van der Waals surface area contributed by atoms with Gasteiger partial charge in [0.25, 0.3) is 0 Å². The zero-order valence-electron chi connectivity index (χ0n) is 7.74. The summed E-state index contributed by atoms with van der Waals surface area (Å²) in [5.74, 6) is -0.00407. The maximum absolute atomic E-state index is 10.6. The van der Waals surface area contributed by atoms with E-state index in [9.17, 15) is 9.90 Å². The second-order valence-electron chi connectivity index (χ2n) is 3.20. The highest BCUT2D eigenvalue weighted by Gasteiger charge is 2.10. The van der Waals surface area contributed by atoms with Crippen LogP contribution in [0.1, 0.15) is 34.5 Å². The standard InChI is InChI=1S/C10H13NO2/c1-6-3-8(5-12)10(13)9(4-6)7(2)11/h3-5,7,13H,11H2,1-2H3/t7-/m1/s1. The van der Waals surface area contributed by atoms with Gasteiger partial charge in [0.15, 0.2) is 6.29 Å². The average Bonchev–Trinajstić information content (AvgIpc) is 2.08. The molecule has 1 aromatic rings. The van der Waals surface area contributed by atoms with Gasteiger partial charge in [-0.3, -0.25) is 4.79 Å². The highest BCUT2D eigenvalue weighted by molar-refractivity contribution is 5.80. The summed E-state index contributed by atoms with van der Waals surface area (Å²) in [5.41, 5.74) is 7.47. The molecule has 0 unspecified atom stereocenters. The second kappa shape index (κ2) is 3.58. The van der Waals surface area contributed by atoms with E-state index < -0.39 is 0 Å². The molecule has 0 bridgehead atoms. The van der Waals surface area contributed by atoms with Crippen LogP contribution in [0.15, 0.2) is 12.1 Å². The van der Waals surface area contributed by atoms with Crippen molar-refractivity contribution in [3.05, 3.63) is 28.8 Å². The van der Waals surface area contributed by atoms with Crippen molar-refractivity contribution in [1.82, 2.24) is 0 Å². The molecule has 0 fully saturated rings. The van der Waals surface area contributed by atoms with Crippen LogP contribution in [0, 0.1) is 6.92 Å². The topological polar surface area (TPSA) is 63.3 Å². The van der Waals surface area contributed by atoms with E-state index in [2.05, 4.69) is 0 Å². The molecule has 0 saturated carbocycles. The van der Waals surface area contributed by atoms with Gasteiger partial charge in [0.05, 0.1) is 5.56 Å². The predicted octanol–water partition coefficient (Wildman–Crippen LogP) is 1.53. The number of phenols is 1. The first-order valence-corrected chi connectivity index (χ1v) is 4.10. The summed E-state index contributed by atoms with van der Waals surface area (Å²) in [7, 11) is 0. The van der Waals surface area contributed by atoms with Crippen molar-refractivity contribution in [1.29, 1.82) is 0 Å². The third-order valence-corrected chi connectivity index (χ3v) is 1.93. The molecule has 1 atom stereocenters. The fraction of sp³-hybridized carbons (Fsp3) is 0.300. The Bertz CT molecular complexity index is 332. The van der Waals surface area contributed by atoms with Gasteiger partial charge in [0.2, 0.25) is 0 Å². The SMILES string of the molecule is Cc1cc(C=O)c(O)c([C@@H](C)N)c1. The molecule has 3 nitrogen and oxygen atoms in total. The van der Waals surface area contributed by atoms with Gasteiger partial charge in [-0.1, -0.05) is 6.07 Å². The minimum absolute atomic E-state index is 0.00407. The molecule has 0 aliphatic rings. The number of hydrogen-bond donors (Lipinski definition) is 2. The molecule has 0 saturated heterocycles. The number of hydrogen-bond acceptors (Lipinski definition) is 3. The quantitative estimate of drug-likeness (QED) is 0.677. The summed E-state index contributed by atoms with van der Waals surface area (Å²) in [4.78, 5) is 10.6. The fourth-order valence-corrected chi connectivity index (χ4v) is 1.27. The van der Waals surface area contributed by atoms with Gasteiger partial charge in [0, 0.05) is 11.6 Å². The molecule has 0 spiro atoms. The van der Waals surface area contributed by atoms with Gasteiger partial charge in [-0.05, 0) is 25.5 Å². The molecule has 0 radical (unpaired) electrons. The van der Waals surface area contributed by atoms with Crippen molar-refractivity contribution < 1.29 is 9.90 Å². The fourth-order valence-electron chi connectivity index (χ4n) is 1.27. The molecule has 3 N–H and O–H groups in total. The van der Waals surface area contributed by atoms with Crippen molar-refractivity contribution in [2.75, 3.05) is 0 Å². The largest absolute Gasteiger partial charge is 0.507 e. The van der Waals surface area contributed by atoms with E-state index in [0.29, 0.717) is 17.4 Å². The van der Waals surface area contributed by atoms with E-state index in [1.54, 1.807) is 19.1 Å². The van der Waals surface area contributed by atoms with Crippen molar-refractivity contribution in [3.63, 3.8) is 0 Å². The van der Waals surface area contributed by atoms with Crippen molar-refractivity contribution in [3.8, 4) is 5.75 Å². The lowest BCUT2D eigenvalue weighted by Gasteiger charge is -2.10. The van der Waals surface area contributed by atoms with Gasteiger partial charge in [-0.2, -0.15) is 0 Å². The molecular formula is C10H13NO2. The zero-order valence-corrected chi connectivity index (χ0v) is 7.74. The summed E-state index contributed by atoms with van der Waals surface area (Å²) in [6.45, 7) is 3.63. The second-order valence-corrected chi connectivity index (χ2v) is 3.20. The minimum atomic E-state index is -0.265. The van der Waals surface area contributed by atoms with Gasteiger partial charge >= 0.3 is 0 Å². The van der Waals surface area contributed by atoms with Crippen LogP contribution >= 0.6 is 0 Å². The molecule has 0 heterocycles. The van der Waals surface area contributed by atoms with Gasteiger partial charge in [0.1, 0.15) is 5.75 Å². The van der Waals surface area contributed by atoms with Gasteiger partial charge < -0.3 is 10.8 Å². The Morgan fingerprint density at radius 2 is 2.15 bits per heavy atom. The van der Waals surface area contributed by atoms with Crippen LogP contribution in [0.2, 0.25) is 0 Å². The molecule has 0 aliphatic carbocycles. The molecule has 13 heavy (non-hydrogen) atoms. The summed E-state index contributed by atoms with van der Waals surface area (Å²) in [5, 5.41) is 9.57. The van der Waals surface area contributed by atoms with E-state index in [4.69, 9.17) is 5.73 Å². The maximum Gasteiger partial charge on any atom is 0.153 e. The first-order chi connectivity index (χ1) is 6.06. The van der Waals surface area contributed by atoms with Crippen molar-refractivity contribution in [2.24, 2.45) is 5.73 Å². The molecule has 0 aliphatic heterocycles. The van der Waals surface area contributed by atoms with Crippen molar-refractivity contribution in [2.45, 2.75) is 19.9 Å². The molecule has 1 aromatic carbocycles. The van der Waals surface area contributed by atoms with Crippen LogP contribution in [-0.4, -0.2) is 11.4 Å². The van der Waals surface area contributed by atoms with Gasteiger partial charge in [-0.15, -0.1) is 0 Å². The molecular weight excluding hydrogens is 166 g/mol. The monoisotopic (exact) mass is 179 g/mol. The number of aromatic hydroxyl groups is 1. The Morgan fingerprint density at radius 3 is 2.62 bits per heavy atom. The van der Waals surface area contributed by atoms with Crippen LogP contribution in [-0.2, 0) is 0 Å². The van der Waals surface area contributed by atoms with E-state index in [0.717, 1.165) is 5.56 Å². The Labute approximate surface area is 77.2 Å². The molecule has 0 aromatic heterocycles. The van der Waals surface area contributed by atoms with Gasteiger partial charge in [-0.25, -0.2) is 0 Å². The van der Waals surface area contributed by atoms with E-state index in [1.807, 2.05) is 6.92 Å². The Morgan fingerprint density at radius 1 is 1.54 bits per heavy atom. The number of aryl methyl sites for hydroxylation is 1. The van der Waals surface area contributed by atoms with E-state index in [1.165, 1.54) is 0 Å². The van der Waals surface area contributed by atoms with Crippen LogP contribution < -0.4 is 5.73 Å². The van der Waals surface area contributed by atoms with Crippen LogP contribution in [0.5, 0.6) is 5.75 Å². The molecule has 0 amide bonds. The Balaban J connectivity index is 3.35. The number of aldehydes is 1. The third kappa shape index (κ3) is 1.87. The highest BCUT2D eigenvalue weighted by Crippen LogP contribution is 2.27. The maximum atomic E-state index is 10.6. The summed E-state index contributed by atoms with van der Waals surface area (Å²) in [6.07, 6.45) is 0.633. The molecule has 3 heteroatoms. The number of phenolic OH excluding ortho intramolecular Hbond substituents is 1. The Hall–Kier alpha value is -1.35. The normalized spacial score (nSPS) is 12.5. The highest BCUT2D eigenvalue weighted by atomic mass is 16.3. The summed E-state index contributed by atoms with van der Waals surface area (Å²) in [6, 6.07) is 3.15. The minimum Gasteiger partial charge on any atom is -0.507 e.